The van der Waals surface area contributed by atoms with E-state index < -0.39 is 0 Å². The Balaban J connectivity index is 2.68. The molecule has 0 aromatic heterocycles. The number of aryl methyl sites for hydroxylation is 1. The third-order valence-corrected chi connectivity index (χ3v) is 3.25. The highest BCUT2D eigenvalue weighted by Gasteiger charge is 2.04. The SMILES string of the molecule is Cc1ccc(C(Br)CCBr)cc1. The molecule has 0 saturated carbocycles. The first-order valence-corrected chi connectivity index (χ1v) is 6.04. The van der Waals surface area contributed by atoms with Crippen molar-refractivity contribution in [2.45, 2.75) is 18.2 Å². The van der Waals surface area contributed by atoms with Crippen LogP contribution in [0.1, 0.15) is 22.4 Å². The Morgan fingerprint density at radius 2 is 1.83 bits per heavy atom. The summed E-state index contributed by atoms with van der Waals surface area (Å²) in [5, 5.41) is 1.04. The third kappa shape index (κ3) is 2.91. The maximum absolute atomic E-state index is 3.64. The molecule has 1 aromatic carbocycles. The normalized spacial score (nSPS) is 12.9. The minimum atomic E-state index is 0.484. The zero-order valence-electron chi connectivity index (χ0n) is 7.06. The minimum Gasteiger partial charge on any atom is -0.0928 e. The van der Waals surface area contributed by atoms with E-state index in [0.717, 1.165) is 11.8 Å². The molecule has 2 heteroatoms. The van der Waals surface area contributed by atoms with Crippen molar-refractivity contribution in [3.8, 4) is 0 Å². The molecule has 12 heavy (non-hydrogen) atoms. The summed E-state index contributed by atoms with van der Waals surface area (Å²) in [5.41, 5.74) is 2.68. The Labute approximate surface area is 90.6 Å². The maximum Gasteiger partial charge on any atom is 0.0403 e. The van der Waals surface area contributed by atoms with Crippen molar-refractivity contribution >= 4 is 31.9 Å². The van der Waals surface area contributed by atoms with Gasteiger partial charge < -0.3 is 0 Å². The fourth-order valence-corrected chi connectivity index (χ4v) is 2.64. The molecule has 0 aliphatic heterocycles. The quantitative estimate of drug-likeness (QED) is 0.732. The van der Waals surface area contributed by atoms with Crippen LogP contribution in [-0.4, -0.2) is 5.33 Å². The predicted molar refractivity (Wildman–Crippen MR) is 61.3 cm³/mol. The molecule has 0 aliphatic rings. The first kappa shape index (κ1) is 10.3. The van der Waals surface area contributed by atoms with Crippen molar-refractivity contribution in [3.63, 3.8) is 0 Å². The number of hydrogen-bond donors (Lipinski definition) is 0. The van der Waals surface area contributed by atoms with Gasteiger partial charge in [0.1, 0.15) is 0 Å². The molecule has 66 valence electrons. The molecule has 0 saturated heterocycles. The summed E-state index contributed by atoms with van der Waals surface area (Å²) >= 11 is 7.07. The molecule has 0 heterocycles. The lowest BCUT2D eigenvalue weighted by molar-refractivity contribution is 0.928. The molecule has 0 radical (unpaired) electrons. The molecule has 0 fully saturated rings. The summed E-state index contributed by atoms with van der Waals surface area (Å²) in [6, 6.07) is 8.66. The number of alkyl halides is 2. The second-order valence-electron chi connectivity index (χ2n) is 2.86. The van der Waals surface area contributed by atoms with Crippen molar-refractivity contribution in [1.82, 2.24) is 0 Å². The highest BCUT2D eigenvalue weighted by atomic mass is 79.9. The zero-order valence-corrected chi connectivity index (χ0v) is 10.2. The Bertz CT molecular complexity index is 228. The van der Waals surface area contributed by atoms with E-state index in [1.54, 1.807) is 0 Å². The molecule has 1 aromatic rings. The van der Waals surface area contributed by atoms with Gasteiger partial charge in [-0.05, 0) is 18.9 Å². The maximum atomic E-state index is 3.64. The van der Waals surface area contributed by atoms with E-state index in [1.807, 2.05) is 0 Å². The summed E-state index contributed by atoms with van der Waals surface area (Å²) < 4.78 is 0. The fraction of sp³-hybridized carbons (Fsp3) is 0.400. The van der Waals surface area contributed by atoms with E-state index in [0.29, 0.717) is 4.83 Å². The van der Waals surface area contributed by atoms with Crippen LogP contribution in [0.4, 0.5) is 0 Å². The summed E-state index contributed by atoms with van der Waals surface area (Å²) in [6.07, 6.45) is 1.13. The van der Waals surface area contributed by atoms with Crippen molar-refractivity contribution < 1.29 is 0 Å². The monoisotopic (exact) mass is 290 g/mol. The number of benzene rings is 1. The van der Waals surface area contributed by atoms with Crippen LogP contribution in [-0.2, 0) is 0 Å². The molecule has 0 spiro atoms. The second kappa shape index (κ2) is 5.03. The first-order valence-electron chi connectivity index (χ1n) is 4.00. The molecule has 1 unspecified atom stereocenters. The van der Waals surface area contributed by atoms with E-state index >= 15 is 0 Å². The van der Waals surface area contributed by atoms with E-state index in [-0.39, 0.29) is 0 Å². The number of hydrogen-bond acceptors (Lipinski definition) is 0. The van der Waals surface area contributed by atoms with Crippen molar-refractivity contribution in [2.75, 3.05) is 5.33 Å². The van der Waals surface area contributed by atoms with Crippen LogP contribution in [0.3, 0.4) is 0 Å². The average molecular weight is 292 g/mol. The fourth-order valence-electron chi connectivity index (χ4n) is 1.04. The Kier molecular flexibility index (Phi) is 4.30. The lowest BCUT2D eigenvalue weighted by Gasteiger charge is -2.07. The molecule has 1 atom stereocenters. The van der Waals surface area contributed by atoms with Gasteiger partial charge >= 0.3 is 0 Å². The minimum absolute atomic E-state index is 0.484. The highest BCUT2D eigenvalue weighted by molar-refractivity contribution is 9.09. The highest BCUT2D eigenvalue weighted by Crippen LogP contribution is 2.26. The summed E-state index contributed by atoms with van der Waals surface area (Å²) in [7, 11) is 0. The van der Waals surface area contributed by atoms with Gasteiger partial charge in [-0.3, -0.25) is 0 Å². The Morgan fingerprint density at radius 1 is 1.25 bits per heavy atom. The molecule has 0 nitrogen and oxygen atoms in total. The smallest absolute Gasteiger partial charge is 0.0403 e. The summed E-state index contributed by atoms with van der Waals surface area (Å²) in [4.78, 5) is 0.484. The second-order valence-corrected chi connectivity index (χ2v) is 4.75. The third-order valence-electron chi connectivity index (χ3n) is 1.80. The summed E-state index contributed by atoms with van der Waals surface area (Å²) in [6.45, 7) is 2.11. The predicted octanol–water partition coefficient (Wildman–Crippen LogP) is 4.22. The van der Waals surface area contributed by atoms with Gasteiger partial charge in [-0.15, -0.1) is 0 Å². The van der Waals surface area contributed by atoms with Gasteiger partial charge in [-0.25, -0.2) is 0 Å². The van der Waals surface area contributed by atoms with Gasteiger partial charge in [0.2, 0.25) is 0 Å². The van der Waals surface area contributed by atoms with Gasteiger partial charge in [0, 0.05) is 10.2 Å². The van der Waals surface area contributed by atoms with Gasteiger partial charge in [-0.2, -0.15) is 0 Å². The molecule has 0 amide bonds. The van der Waals surface area contributed by atoms with E-state index in [9.17, 15) is 0 Å². The van der Waals surface area contributed by atoms with Gasteiger partial charge in [0.15, 0.2) is 0 Å². The van der Waals surface area contributed by atoms with E-state index in [4.69, 9.17) is 0 Å². The molecule has 1 rings (SSSR count). The van der Waals surface area contributed by atoms with Crippen molar-refractivity contribution in [1.29, 1.82) is 0 Å². The Hall–Kier alpha value is 0.180. The Morgan fingerprint density at radius 3 is 2.33 bits per heavy atom. The van der Waals surface area contributed by atoms with Gasteiger partial charge in [0.25, 0.3) is 0 Å². The zero-order chi connectivity index (χ0) is 8.97. The van der Waals surface area contributed by atoms with E-state index in [2.05, 4.69) is 63.0 Å². The van der Waals surface area contributed by atoms with Crippen LogP contribution >= 0.6 is 31.9 Å². The largest absolute Gasteiger partial charge is 0.0928 e. The first-order chi connectivity index (χ1) is 5.74. The molecular formula is C10H12Br2. The van der Waals surface area contributed by atoms with Crippen LogP contribution in [0.5, 0.6) is 0 Å². The molecule has 0 bridgehead atoms. The van der Waals surface area contributed by atoms with E-state index in [1.165, 1.54) is 11.1 Å². The average Bonchev–Trinajstić information content (AvgIpc) is 2.06. The lowest BCUT2D eigenvalue weighted by atomic mass is 10.1. The number of halogens is 2. The van der Waals surface area contributed by atoms with Crippen molar-refractivity contribution in [3.05, 3.63) is 35.4 Å². The topological polar surface area (TPSA) is 0 Å². The van der Waals surface area contributed by atoms with Crippen LogP contribution in [0.25, 0.3) is 0 Å². The summed E-state index contributed by atoms with van der Waals surface area (Å²) in [5.74, 6) is 0. The van der Waals surface area contributed by atoms with Gasteiger partial charge in [0.05, 0.1) is 0 Å². The lowest BCUT2D eigenvalue weighted by Crippen LogP contribution is -1.90. The van der Waals surface area contributed by atoms with Crippen LogP contribution < -0.4 is 0 Å². The molecule has 0 aliphatic carbocycles. The standard InChI is InChI=1S/C10H12Br2/c1-8-2-4-9(5-3-8)10(12)6-7-11/h2-5,10H,6-7H2,1H3. The van der Waals surface area contributed by atoms with Gasteiger partial charge in [-0.1, -0.05) is 61.7 Å². The number of rotatable bonds is 3. The van der Waals surface area contributed by atoms with Crippen LogP contribution in [0, 0.1) is 6.92 Å². The molecule has 0 N–H and O–H groups in total. The van der Waals surface area contributed by atoms with Crippen molar-refractivity contribution in [2.24, 2.45) is 0 Å². The van der Waals surface area contributed by atoms with Crippen LogP contribution in [0.2, 0.25) is 0 Å². The van der Waals surface area contributed by atoms with Crippen LogP contribution in [0.15, 0.2) is 24.3 Å². The molecular weight excluding hydrogens is 280 g/mol.